The number of carbonyl (C=O) groups excluding carboxylic acids is 1. The van der Waals surface area contributed by atoms with Gasteiger partial charge in [0.1, 0.15) is 5.75 Å². The van der Waals surface area contributed by atoms with Crippen LogP contribution in [-0.2, 0) is 0 Å². The predicted molar refractivity (Wildman–Crippen MR) is 65.1 cm³/mol. The molecule has 3 heteroatoms. The van der Waals surface area contributed by atoms with E-state index in [1.54, 1.807) is 36.4 Å². The second-order valence-electron chi connectivity index (χ2n) is 3.84. The molecule has 0 atom stereocenters. The number of ether oxygens (including phenoxy) is 1. The van der Waals surface area contributed by atoms with Crippen LogP contribution in [0.4, 0.5) is 0 Å². The van der Waals surface area contributed by atoms with Gasteiger partial charge in [-0.1, -0.05) is 18.2 Å². The molecule has 0 spiro atoms. The van der Waals surface area contributed by atoms with E-state index in [0.29, 0.717) is 11.3 Å². The van der Waals surface area contributed by atoms with Gasteiger partial charge in [-0.05, 0) is 26.0 Å². The molecule has 2 rings (SSSR count). The lowest BCUT2D eigenvalue weighted by atomic mass is 10.2. The maximum atomic E-state index is 11.8. The molecule has 0 saturated carbocycles. The molecule has 86 valence electrons. The summed E-state index contributed by atoms with van der Waals surface area (Å²) in [6.45, 7) is 3.74. The summed E-state index contributed by atoms with van der Waals surface area (Å²) in [7, 11) is 0. The molecule has 1 aromatic heterocycles. The van der Waals surface area contributed by atoms with Crippen LogP contribution in [0.3, 0.4) is 0 Å². The first-order chi connectivity index (χ1) is 8.15. The zero-order valence-corrected chi connectivity index (χ0v) is 9.81. The van der Waals surface area contributed by atoms with E-state index in [1.165, 1.54) is 0 Å². The molecular weight excluding hydrogens is 214 g/mol. The average Bonchev–Trinajstić information content (AvgIpc) is 2.28. The number of hydrogen-bond acceptors (Lipinski definition) is 3. The van der Waals surface area contributed by atoms with Crippen molar-refractivity contribution in [1.82, 2.24) is 4.98 Å². The number of carbonyl (C=O) groups is 1. The summed E-state index contributed by atoms with van der Waals surface area (Å²) in [5.74, 6) is 0.180. The smallest absolute Gasteiger partial charge is 0.343 e. The maximum Gasteiger partial charge on any atom is 0.343 e. The van der Waals surface area contributed by atoms with Crippen molar-refractivity contribution >= 4 is 5.97 Å². The van der Waals surface area contributed by atoms with Crippen molar-refractivity contribution in [3.05, 3.63) is 59.4 Å². The van der Waals surface area contributed by atoms with Crippen molar-refractivity contribution in [2.45, 2.75) is 13.8 Å². The zero-order valence-electron chi connectivity index (χ0n) is 9.81. The standard InChI is InChI=1S/C14H13NO2/c1-10-8-13(9-11(2)15-10)17-14(16)12-6-4-3-5-7-12/h3-9H,1-2H3. The summed E-state index contributed by atoms with van der Waals surface area (Å²) >= 11 is 0. The Hall–Kier alpha value is -2.16. The minimum atomic E-state index is -0.351. The molecule has 1 aromatic carbocycles. The van der Waals surface area contributed by atoms with E-state index in [-0.39, 0.29) is 5.97 Å². The number of benzene rings is 1. The Bertz CT molecular complexity index is 515. The Morgan fingerprint density at radius 1 is 1.06 bits per heavy atom. The quantitative estimate of drug-likeness (QED) is 0.740. The molecule has 0 fully saturated rings. The molecule has 17 heavy (non-hydrogen) atoms. The SMILES string of the molecule is Cc1cc(OC(=O)c2ccccc2)cc(C)n1. The molecule has 0 unspecified atom stereocenters. The highest BCUT2D eigenvalue weighted by Crippen LogP contribution is 2.15. The molecule has 0 radical (unpaired) electrons. The van der Waals surface area contributed by atoms with Crippen molar-refractivity contribution in [3.63, 3.8) is 0 Å². The predicted octanol–water partition coefficient (Wildman–Crippen LogP) is 2.92. The highest BCUT2D eigenvalue weighted by atomic mass is 16.5. The van der Waals surface area contributed by atoms with E-state index < -0.39 is 0 Å². The average molecular weight is 227 g/mol. The first-order valence-electron chi connectivity index (χ1n) is 5.37. The van der Waals surface area contributed by atoms with E-state index in [4.69, 9.17) is 4.74 Å². The van der Waals surface area contributed by atoms with Crippen molar-refractivity contribution in [2.24, 2.45) is 0 Å². The van der Waals surface area contributed by atoms with Crippen LogP contribution in [0.1, 0.15) is 21.7 Å². The van der Waals surface area contributed by atoms with Gasteiger partial charge in [-0.15, -0.1) is 0 Å². The molecule has 0 amide bonds. The minimum absolute atomic E-state index is 0.351. The number of esters is 1. The van der Waals surface area contributed by atoms with E-state index in [9.17, 15) is 4.79 Å². The normalized spacial score (nSPS) is 10.0. The maximum absolute atomic E-state index is 11.8. The lowest BCUT2D eigenvalue weighted by molar-refractivity contribution is 0.0734. The monoisotopic (exact) mass is 227 g/mol. The van der Waals surface area contributed by atoms with E-state index in [1.807, 2.05) is 19.9 Å². The summed E-state index contributed by atoms with van der Waals surface area (Å²) in [4.78, 5) is 16.0. The van der Waals surface area contributed by atoms with Crippen molar-refractivity contribution < 1.29 is 9.53 Å². The molecule has 1 heterocycles. The van der Waals surface area contributed by atoms with Crippen LogP contribution in [0.5, 0.6) is 5.75 Å². The summed E-state index contributed by atoms with van der Waals surface area (Å²) in [6.07, 6.45) is 0. The van der Waals surface area contributed by atoms with Gasteiger partial charge in [0, 0.05) is 23.5 Å². The lowest BCUT2D eigenvalue weighted by Crippen LogP contribution is -2.08. The first kappa shape index (κ1) is 11.3. The molecule has 3 nitrogen and oxygen atoms in total. The molecule has 0 saturated heterocycles. The molecule has 0 aliphatic heterocycles. The van der Waals surface area contributed by atoms with Crippen LogP contribution in [-0.4, -0.2) is 11.0 Å². The fraction of sp³-hybridized carbons (Fsp3) is 0.143. The Morgan fingerprint density at radius 3 is 2.24 bits per heavy atom. The topological polar surface area (TPSA) is 39.2 Å². The van der Waals surface area contributed by atoms with Gasteiger partial charge in [-0.2, -0.15) is 0 Å². The fourth-order valence-corrected chi connectivity index (χ4v) is 1.60. The van der Waals surface area contributed by atoms with Gasteiger partial charge in [-0.25, -0.2) is 4.79 Å². The van der Waals surface area contributed by atoms with Crippen molar-refractivity contribution in [1.29, 1.82) is 0 Å². The van der Waals surface area contributed by atoms with Crippen LogP contribution in [0, 0.1) is 13.8 Å². The molecule has 2 aromatic rings. The Labute approximate surface area is 100 Å². The first-order valence-corrected chi connectivity index (χ1v) is 5.37. The second-order valence-corrected chi connectivity index (χ2v) is 3.84. The third-order valence-corrected chi connectivity index (χ3v) is 2.28. The van der Waals surface area contributed by atoms with Gasteiger partial charge in [0.2, 0.25) is 0 Å². The van der Waals surface area contributed by atoms with Crippen molar-refractivity contribution in [2.75, 3.05) is 0 Å². The second kappa shape index (κ2) is 4.78. The Morgan fingerprint density at radius 2 is 1.65 bits per heavy atom. The number of nitrogens with zero attached hydrogens (tertiary/aromatic N) is 1. The van der Waals surface area contributed by atoms with Crippen molar-refractivity contribution in [3.8, 4) is 5.75 Å². The van der Waals surface area contributed by atoms with Gasteiger partial charge >= 0.3 is 5.97 Å². The van der Waals surface area contributed by atoms with Crippen LogP contribution in [0.15, 0.2) is 42.5 Å². The van der Waals surface area contributed by atoms with E-state index >= 15 is 0 Å². The number of aromatic nitrogens is 1. The highest BCUT2D eigenvalue weighted by molar-refractivity contribution is 5.90. The molecular formula is C14H13NO2. The van der Waals surface area contributed by atoms with Crippen LogP contribution in [0.25, 0.3) is 0 Å². The molecule has 0 aliphatic carbocycles. The van der Waals surface area contributed by atoms with Gasteiger partial charge in [-0.3, -0.25) is 4.98 Å². The van der Waals surface area contributed by atoms with Crippen LogP contribution < -0.4 is 4.74 Å². The third kappa shape index (κ3) is 2.91. The summed E-state index contributed by atoms with van der Waals surface area (Å²) < 4.78 is 5.28. The largest absolute Gasteiger partial charge is 0.423 e. The summed E-state index contributed by atoms with van der Waals surface area (Å²) in [6, 6.07) is 12.4. The number of aryl methyl sites for hydroxylation is 2. The number of hydrogen-bond donors (Lipinski definition) is 0. The molecule has 0 aliphatic rings. The van der Waals surface area contributed by atoms with Gasteiger partial charge in [0.25, 0.3) is 0 Å². The lowest BCUT2D eigenvalue weighted by Gasteiger charge is -2.05. The third-order valence-electron chi connectivity index (χ3n) is 2.28. The van der Waals surface area contributed by atoms with E-state index in [0.717, 1.165) is 11.4 Å². The fourth-order valence-electron chi connectivity index (χ4n) is 1.60. The summed E-state index contributed by atoms with van der Waals surface area (Å²) in [5, 5.41) is 0. The van der Waals surface area contributed by atoms with Gasteiger partial charge in [0.05, 0.1) is 5.56 Å². The summed E-state index contributed by atoms with van der Waals surface area (Å²) in [5.41, 5.74) is 2.21. The Balaban J connectivity index is 2.19. The number of pyridine rings is 1. The molecule has 0 bridgehead atoms. The minimum Gasteiger partial charge on any atom is -0.423 e. The zero-order chi connectivity index (χ0) is 12.3. The van der Waals surface area contributed by atoms with E-state index in [2.05, 4.69) is 4.98 Å². The Kier molecular flexibility index (Phi) is 3.19. The van der Waals surface area contributed by atoms with Crippen LogP contribution in [0.2, 0.25) is 0 Å². The highest BCUT2D eigenvalue weighted by Gasteiger charge is 2.08. The van der Waals surface area contributed by atoms with Crippen LogP contribution >= 0.6 is 0 Å². The van der Waals surface area contributed by atoms with Gasteiger partial charge < -0.3 is 4.74 Å². The molecule has 0 N–H and O–H groups in total. The van der Waals surface area contributed by atoms with Gasteiger partial charge in [0.15, 0.2) is 0 Å². The number of rotatable bonds is 2.